The zero-order valence-electron chi connectivity index (χ0n) is 9.12. The van der Waals surface area contributed by atoms with Crippen LogP contribution in [0.2, 0.25) is 0 Å². The lowest BCUT2D eigenvalue weighted by Crippen LogP contribution is -2.40. The van der Waals surface area contributed by atoms with Crippen LogP contribution < -0.4 is 5.32 Å². The van der Waals surface area contributed by atoms with Crippen LogP contribution in [-0.2, 0) is 11.2 Å². The molecule has 0 spiro atoms. The van der Waals surface area contributed by atoms with E-state index in [1.54, 1.807) is 7.11 Å². The van der Waals surface area contributed by atoms with Gasteiger partial charge in [-0.05, 0) is 31.3 Å². The summed E-state index contributed by atoms with van der Waals surface area (Å²) in [6.07, 6.45) is 2.41. The molecule has 3 heteroatoms. The normalized spacial score (nSPS) is 15.4. The van der Waals surface area contributed by atoms with Crippen LogP contribution in [0.25, 0.3) is 0 Å². The molecule has 1 aromatic rings. The molecule has 2 atom stereocenters. The topological polar surface area (TPSA) is 21.3 Å². The van der Waals surface area contributed by atoms with E-state index in [1.165, 1.54) is 4.88 Å². The van der Waals surface area contributed by atoms with Crippen LogP contribution in [0.1, 0.15) is 18.2 Å². The van der Waals surface area contributed by atoms with Gasteiger partial charge in [0.25, 0.3) is 0 Å². The zero-order valence-corrected chi connectivity index (χ0v) is 9.93. The van der Waals surface area contributed by atoms with Crippen LogP contribution in [0.5, 0.6) is 0 Å². The first-order chi connectivity index (χ1) is 6.81. The summed E-state index contributed by atoms with van der Waals surface area (Å²) in [4.78, 5) is 1.42. The molecule has 0 saturated carbocycles. The molecule has 1 N–H and O–H groups in total. The Morgan fingerprint density at radius 3 is 2.79 bits per heavy atom. The van der Waals surface area contributed by atoms with Crippen molar-refractivity contribution in [1.82, 2.24) is 5.32 Å². The van der Waals surface area contributed by atoms with Gasteiger partial charge in [-0.15, -0.1) is 11.3 Å². The summed E-state index contributed by atoms with van der Waals surface area (Å²) in [6, 6.07) is 4.70. The van der Waals surface area contributed by atoms with E-state index in [9.17, 15) is 0 Å². The van der Waals surface area contributed by atoms with Gasteiger partial charge in [-0.1, -0.05) is 13.0 Å². The maximum absolute atomic E-state index is 5.44. The molecule has 0 aliphatic carbocycles. The second kappa shape index (κ2) is 6.17. The number of ether oxygens (including phenoxy) is 1. The molecule has 0 aliphatic rings. The minimum absolute atomic E-state index is 0.307. The molecule has 0 fully saturated rings. The number of thiophene rings is 1. The Labute approximate surface area is 90.3 Å². The summed E-state index contributed by atoms with van der Waals surface area (Å²) in [5.41, 5.74) is 0. The van der Waals surface area contributed by atoms with Crippen molar-refractivity contribution in [3.05, 3.63) is 22.4 Å². The Kier molecular flexibility index (Phi) is 5.15. The minimum atomic E-state index is 0.307. The lowest BCUT2D eigenvalue weighted by molar-refractivity contribution is 0.0680. The van der Waals surface area contributed by atoms with Gasteiger partial charge in [-0.2, -0.15) is 0 Å². The van der Waals surface area contributed by atoms with E-state index in [2.05, 4.69) is 29.8 Å². The van der Waals surface area contributed by atoms with Gasteiger partial charge in [0.2, 0.25) is 0 Å². The maximum atomic E-state index is 5.44. The van der Waals surface area contributed by atoms with Crippen molar-refractivity contribution in [3.63, 3.8) is 0 Å². The van der Waals surface area contributed by atoms with E-state index in [0.717, 1.165) is 12.8 Å². The molecule has 1 heterocycles. The highest BCUT2D eigenvalue weighted by atomic mass is 32.1. The van der Waals surface area contributed by atoms with E-state index in [1.807, 2.05) is 18.4 Å². The highest BCUT2D eigenvalue weighted by molar-refractivity contribution is 7.09. The van der Waals surface area contributed by atoms with E-state index in [-0.39, 0.29) is 0 Å². The Balaban J connectivity index is 2.53. The molecule has 0 amide bonds. The van der Waals surface area contributed by atoms with Gasteiger partial charge in [0, 0.05) is 18.0 Å². The highest BCUT2D eigenvalue weighted by Crippen LogP contribution is 2.14. The van der Waals surface area contributed by atoms with Crippen LogP contribution >= 0.6 is 11.3 Å². The Hall–Kier alpha value is -0.380. The third-order valence-electron chi connectivity index (χ3n) is 2.53. The molecule has 1 rings (SSSR count). The standard InChI is InChI=1S/C11H19NOS/c1-4-11(13-3)10(12-2)8-9-6-5-7-14-9/h5-7,10-12H,4,8H2,1-3H3. The number of methoxy groups -OCH3 is 1. The molecule has 1 aromatic heterocycles. The Morgan fingerprint density at radius 2 is 2.36 bits per heavy atom. The third-order valence-corrected chi connectivity index (χ3v) is 3.42. The number of hydrogen-bond donors (Lipinski definition) is 1. The molecular formula is C11H19NOS. The largest absolute Gasteiger partial charge is 0.380 e. The molecule has 2 nitrogen and oxygen atoms in total. The third kappa shape index (κ3) is 3.08. The quantitative estimate of drug-likeness (QED) is 0.783. The maximum Gasteiger partial charge on any atom is 0.0725 e. The number of hydrogen-bond acceptors (Lipinski definition) is 3. The zero-order chi connectivity index (χ0) is 10.4. The Morgan fingerprint density at radius 1 is 1.57 bits per heavy atom. The van der Waals surface area contributed by atoms with Gasteiger partial charge < -0.3 is 10.1 Å². The van der Waals surface area contributed by atoms with Crippen molar-refractivity contribution in [2.45, 2.75) is 31.9 Å². The summed E-state index contributed by atoms with van der Waals surface area (Å²) >= 11 is 1.81. The van der Waals surface area contributed by atoms with Crippen molar-refractivity contribution in [3.8, 4) is 0 Å². The fourth-order valence-corrected chi connectivity index (χ4v) is 2.45. The molecule has 80 valence electrons. The average Bonchev–Trinajstić information content (AvgIpc) is 2.70. The molecule has 0 bridgehead atoms. The second-order valence-corrected chi connectivity index (χ2v) is 4.39. The van der Waals surface area contributed by atoms with Gasteiger partial charge in [0.1, 0.15) is 0 Å². The van der Waals surface area contributed by atoms with E-state index >= 15 is 0 Å². The molecule has 2 unspecified atom stereocenters. The van der Waals surface area contributed by atoms with Gasteiger partial charge in [-0.25, -0.2) is 0 Å². The summed E-state index contributed by atoms with van der Waals surface area (Å²) in [5, 5.41) is 5.44. The monoisotopic (exact) mass is 213 g/mol. The summed E-state index contributed by atoms with van der Waals surface area (Å²) in [6.45, 7) is 2.16. The Bertz CT molecular complexity index is 231. The lowest BCUT2D eigenvalue weighted by Gasteiger charge is -2.24. The molecule has 0 saturated heterocycles. The van der Waals surface area contributed by atoms with Gasteiger partial charge in [0.15, 0.2) is 0 Å². The molecule has 0 aliphatic heterocycles. The predicted octanol–water partition coefficient (Wildman–Crippen LogP) is 2.30. The van der Waals surface area contributed by atoms with Gasteiger partial charge in [-0.3, -0.25) is 0 Å². The van der Waals surface area contributed by atoms with Crippen molar-refractivity contribution in [1.29, 1.82) is 0 Å². The van der Waals surface area contributed by atoms with E-state index in [4.69, 9.17) is 4.74 Å². The summed E-state index contributed by atoms with van der Waals surface area (Å²) in [5.74, 6) is 0. The number of rotatable bonds is 6. The first kappa shape index (κ1) is 11.7. The van der Waals surface area contributed by atoms with E-state index < -0.39 is 0 Å². The SMILES string of the molecule is CCC(OC)C(Cc1cccs1)NC. The van der Waals surface area contributed by atoms with E-state index in [0.29, 0.717) is 12.1 Å². The van der Waals surface area contributed by atoms with Crippen molar-refractivity contribution in [2.75, 3.05) is 14.2 Å². The van der Waals surface area contributed by atoms with Crippen molar-refractivity contribution < 1.29 is 4.74 Å². The number of nitrogens with one attached hydrogen (secondary N) is 1. The lowest BCUT2D eigenvalue weighted by atomic mass is 10.0. The smallest absolute Gasteiger partial charge is 0.0725 e. The minimum Gasteiger partial charge on any atom is -0.380 e. The van der Waals surface area contributed by atoms with Crippen LogP contribution in [-0.4, -0.2) is 26.3 Å². The van der Waals surface area contributed by atoms with Gasteiger partial charge in [0.05, 0.1) is 6.10 Å². The highest BCUT2D eigenvalue weighted by Gasteiger charge is 2.18. The van der Waals surface area contributed by atoms with Crippen LogP contribution in [0.15, 0.2) is 17.5 Å². The molecule has 0 aromatic carbocycles. The second-order valence-electron chi connectivity index (χ2n) is 3.36. The summed E-state index contributed by atoms with van der Waals surface area (Å²) in [7, 11) is 3.78. The first-order valence-electron chi connectivity index (χ1n) is 5.04. The fraction of sp³-hybridized carbons (Fsp3) is 0.636. The fourth-order valence-electron chi connectivity index (χ4n) is 1.68. The average molecular weight is 213 g/mol. The summed E-state index contributed by atoms with van der Waals surface area (Å²) < 4.78 is 5.44. The number of likely N-dealkylation sites (N-methyl/N-ethyl adjacent to an activating group) is 1. The van der Waals surface area contributed by atoms with Crippen LogP contribution in [0.4, 0.5) is 0 Å². The first-order valence-corrected chi connectivity index (χ1v) is 5.92. The molecule has 0 radical (unpaired) electrons. The predicted molar refractivity (Wildman–Crippen MR) is 62.0 cm³/mol. The van der Waals surface area contributed by atoms with Gasteiger partial charge >= 0.3 is 0 Å². The van der Waals surface area contributed by atoms with Crippen LogP contribution in [0.3, 0.4) is 0 Å². The van der Waals surface area contributed by atoms with Crippen LogP contribution in [0, 0.1) is 0 Å². The van der Waals surface area contributed by atoms with Crippen molar-refractivity contribution >= 4 is 11.3 Å². The molecule has 14 heavy (non-hydrogen) atoms. The van der Waals surface area contributed by atoms with Crippen molar-refractivity contribution in [2.24, 2.45) is 0 Å². The molecular weight excluding hydrogens is 194 g/mol.